The van der Waals surface area contributed by atoms with Crippen LogP contribution in [0.5, 0.6) is 0 Å². The summed E-state index contributed by atoms with van der Waals surface area (Å²) in [5, 5.41) is 5.68. The fraction of sp³-hybridized carbons (Fsp3) is 0.375. The zero-order valence-electron chi connectivity index (χ0n) is 24.0. The number of nitrogens with one attached hydrogen (secondary N) is 2. The second kappa shape index (κ2) is 23.0. The van der Waals surface area contributed by atoms with Gasteiger partial charge in [-0.2, -0.15) is 12.2 Å². The van der Waals surface area contributed by atoms with Crippen molar-refractivity contribution in [3.05, 3.63) is 108 Å². The molecule has 43 heavy (non-hydrogen) atoms. The second-order valence-electron chi connectivity index (χ2n) is 9.94. The van der Waals surface area contributed by atoms with Crippen LogP contribution in [-0.4, -0.2) is 36.6 Å². The van der Waals surface area contributed by atoms with Gasteiger partial charge in [-0.05, 0) is 11.4 Å². The maximum atomic E-state index is 13.2. The average molecular weight is 712 g/mol. The number of hydrogen-bond acceptors (Lipinski definition) is 2. The van der Waals surface area contributed by atoms with Gasteiger partial charge in [-0.1, -0.05) is 13.8 Å². The number of benzene rings is 2. The molecule has 2 aliphatic carbocycles. The Kier molecular flexibility index (Phi) is 22.3. The van der Waals surface area contributed by atoms with Gasteiger partial charge in [0.25, 0.3) is 0 Å². The van der Waals surface area contributed by atoms with Gasteiger partial charge in [0, 0.05) is 70.7 Å². The van der Waals surface area contributed by atoms with Crippen molar-refractivity contribution in [2.24, 2.45) is 10.8 Å². The van der Waals surface area contributed by atoms with Crippen molar-refractivity contribution >= 4 is 57.8 Å². The molecule has 2 N–H and O–H groups in total. The molecule has 0 saturated carbocycles. The van der Waals surface area contributed by atoms with Gasteiger partial charge in [-0.25, -0.2) is 41.9 Å². The first kappa shape index (κ1) is 41.6. The van der Waals surface area contributed by atoms with Gasteiger partial charge < -0.3 is 10.6 Å². The molecule has 0 bridgehead atoms. The summed E-state index contributed by atoms with van der Waals surface area (Å²) in [6.45, 7) is 4.59. The van der Waals surface area contributed by atoms with Gasteiger partial charge in [0.2, 0.25) is 0 Å². The van der Waals surface area contributed by atoms with E-state index in [1.54, 1.807) is 0 Å². The molecule has 0 saturated heterocycles. The minimum absolute atomic E-state index is 0. The van der Waals surface area contributed by atoms with Crippen LogP contribution in [0.2, 0.25) is 0 Å². The van der Waals surface area contributed by atoms with Gasteiger partial charge in [-0.15, -0.1) is 95.6 Å². The molecule has 2 aromatic carbocycles. The number of alkyl halides is 4. The third kappa shape index (κ3) is 17.6. The summed E-state index contributed by atoms with van der Waals surface area (Å²) >= 11 is 23.0. The van der Waals surface area contributed by atoms with Crippen LogP contribution in [0.4, 0.5) is 28.9 Å². The first-order chi connectivity index (χ1) is 20.0. The first-order valence-electron chi connectivity index (χ1n) is 12.9. The largest absolute Gasteiger partial charge is 4.00 e. The van der Waals surface area contributed by atoms with Gasteiger partial charge in [0.1, 0.15) is 0 Å². The predicted molar refractivity (Wildman–Crippen MR) is 170 cm³/mol. The Balaban J connectivity index is 0.000000608. The molecule has 2 aliphatic rings. The minimum atomic E-state index is -0.744. The van der Waals surface area contributed by atoms with E-state index in [-0.39, 0.29) is 43.9 Å². The Labute approximate surface area is 288 Å². The standard InChI is InChI=1S/2C11H12Cl2F2N.2C5H5.Ti/c2*1-11(5-12,6-13)7-16-10-3-2-8(14)4-9(10)15;2*1-2-4-5-3-1;/h2*2-3,16H,5-7H2,1H3;2*1-3H,4H2;/q4*-1;+4. The maximum absolute atomic E-state index is 13.2. The Morgan fingerprint density at radius 1 is 0.651 bits per heavy atom. The van der Waals surface area contributed by atoms with Gasteiger partial charge in [0.05, 0.1) is 0 Å². The van der Waals surface area contributed by atoms with E-state index in [2.05, 4.69) is 34.9 Å². The molecule has 232 valence electrons. The number of hydrogen-bond donors (Lipinski definition) is 2. The zero-order chi connectivity index (χ0) is 31.4. The second-order valence-corrected chi connectivity index (χ2v) is 11.0. The third-order valence-electron chi connectivity index (χ3n) is 5.60. The smallest absolute Gasteiger partial charge is 0.434 e. The van der Waals surface area contributed by atoms with E-state index >= 15 is 0 Å². The molecule has 0 spiro atoms. The van der Waals surface area contributed by atoms with Crippen LogP contribution in [0.15, 0.2) is 60.7 Å². The number of allylic oxidation sites excluding steroid dienone is 8. The predicted octanol–water partition coefficient (Wildman–Crippen LogP) is 9.93. The minimum Gasteiger partial charge on any atom is -0.434 e. The fourth-order valence-corrected chi connectivity index (χ4v) is 3.67. The van der Waals surface area contributed by atoms with Crippen molar-refractivity contribution in [2.75, 3.05) is 47.2 Å². The summed E-state index contributed by atoms with van der Waals surface area (Å²) in [7, 11) is 0. The fourth-order valence-electron chi connectivity index (χ4n) is 2.72. The zero-order valence-corrected chi connectivity index (χ0v) is 28.5. The van der Waals surface area contributed by atoms with E-state index in [0.717, 1.165) is 25.0 Å². The van der Waals surface area contributed by atoms with Crippen LogP contribution >= 0.6 is 46.4 Å². The summed E-state index contributed by atoms with van der Waals surface area (Å²) in [6, 6.07) is 8.83. The topological polar surface area (TPSA) is 24.1 Å². The van der Waals surface area contributed by atoms with Crippen LogP contribution in [-0.2, 0) is 21.7 Å². The van der Waals surface area contributed by atoms with E-state index in [1.807, 2.05) is 50.3 Å². The molecule has 0 unspecified atom stereocenters. The molecule has 0 radical (unpaired) electrons. The van der Waals surface area contributed by atoms with E-state index in [0.29, 0.717) is 36.6 Å². The summed E-state index contributed by atoms with van der Waals surface area (Å²) in [4.78, 5) is 0. The Morgan fingerprint density at radius 3 is 1.21 bits per heavy atom. The average Bonchev–Trinajstić information content (AvgIpc) is 3.76. The molecule has 0 fully saturated rings. The summed E-state index contributed by atoms with van der Waals surface area (Å²) in [6.07, 6.45) is 20.0. The van der Waals surface area contributed by atoms with Gasteiger partial charge in [0.15, 0.2) is 0 Å². The molecular weight excluding hydrogens is 678 g/mol. The van der Waals surface area contributed by atoms with E-state index in [9.17, 15) is 17.6 Å². The molecular formula is C32H34Cl4F4N2Ti. The van der Waals surface area contributed by atoms with Crippen molar-refractivity contribution in [1.82, 2.24) is 0 Å². The van der Waals surface area contributed by atoms with Crippen LogP contribution < -0.4 is 10.6 Å². The molecule has 11 heteroatoms. The molecule has 4 rings (SSSR count). The molecule has 0 amide bonds. The molecule has 0 aliphatic heterocycles. The van der Waals surface area contributed by atoms with Crippen LogP contribution in [0.3, 0.4) is 0 Å². The summed E-state index contributed by atoms with van der Waals surface area (Å²) in [5.74, 6) is -1.50. The van der Waals surface area contributed by atoms with E-state index < -0.39 is 23.3 Å². The van der Waals surface area contributed by atoms with Gasteiger partial charge >= 0.3 is 21.7 Å². The Morgan fingerprint density at radius 2 is 1.00 bits per heavy atom. The molecule has 0 heterocycles. The third-order valence-corrected chi connectivity index (χ3v) is 8.18. The van der Waals surface area contributed by atoms with E-state index in [1.165, 1.54) is 12.1 Å². The van der Waals surface area contributed by atoms with Crippen molar-refractivity contribution < 1.29 is 39.3 Å². The SMILES string of the molecule is CC(CCl)(CCl)CNc1ccc(F)[c-]c1F.CC(CCl)(CCl)CNc1ccc(F)[c-]c1F.[C-]1=CC=CC1.[C-]1=CC=CC1.[Ti+4]. The van der Waals surface area contributed by atoms with Crippen molar-refractivity contribution in [1.29, 1.82) is 0 Å². The summed E-state index contributed by atoms with van der Waals surface area (Å²) < 4.78 is 51.6. The normalized spacial score (nSPS) is 12.7. The van der Waals surface area contributed by atoms with Crippen molar-refractivity contribution in [2.45, 2.75) is 26.7 Å². The van der Waals surface area contributed by atoms with Gasteiger partial charge in [-0.3, -0.25) is 12.2 Å². The monoisotopic (exact) mass is 710 g/mol. The molecule has 2 aromatic rings. The molecule has 0 atom stereocenters. The summed E-state index contributed by atoms with van der Waals surface area (Å²) in [5.41, 5.74) is -0.265. The van der Waals surface area contributed by atoms with E-state index in [4.69, 9.17) is 46.4 Å². The number of rotatable bonds is 10. The van der Waals surface area contributed by atoms with Crippen molar-refractivity contribution in [3.8, 4) is 0 Å². The van der Waals surface area contributed by atoms with Crippen molar-refractivity contribution in [3.63, 3.8) is 0 Å². The number of halogens is 8. The Hall–Kier alpha value is -1.41. The van der Waals surface area contributed by atoms with Crippen LogP contribution in [0, 0.1) is 58.4 Å². The molecule has 2 nitrogen and oxygen atoms in total. The van der Waals surface area contributed by atoms with Crippen LogP contribution in [0.1, 0.15) is 26.7 Å². The van der Waals surface area contributed by atoms with Crippen LogP contribution in [0.25, 0.3) is 0 Å². The quantitative estimate of drug-likeness (QED) is 0.111. The number of anilines is 2. The maximum Gasteiger partial charge on any atom is 4.00 e. The Bertz CT molecular complexity index is 1070. The first-order valence-corrected chi connectivity index (χ1v) is 15.0. The molecule has 0 aromatic heterocycles.